The van der Waals surface area contributed by atoms with Crippen LogP contribution in [0.5, 0.6) is 0 Å². The minimum absolute atomic E-state index is 0.357. The van der Waals surface area contributed by atoms with Crippen LogP contribution in [0.15, 0.2) is 91.0 Å². The summed E-state index contributed by atoms with van der Waals surface area (Å²) in [6.45, 7) is 3.01. The van der Waals surface area contributed by atoms with Crippen LogP contribution >= 0.6 is 0 Å². The SMILES string of the molecule is CC[C@@H](O)[C@H]1O[C@H](OC)[C@H](OCc2ccccc2)[C@@H](OCc2ccccc2)[C@@H]1OCc1ccccc1. The Bertz CT molecular complexity index is 1000. The number of aliphatic hydroxyl groups is 1. The molecule has 1 aliphatic heterocycles. The lowest BCUT2D eigenvalue weighted by Crippen LogP contribution is -2.63. The predicted octanol–water partition coefficient (Wildman–Crippen LogP) is 4.88. The number of aliphatic hydroxyl groups excluding tert-OH is 1. The van der Waals surface area contributed by atoms with Gasteiger partial charge in [-0.1, -0.05) is 97.9 Å². The van der Waals surface area contributed by atoms with Gasteiger partial charge >= 0.3 is 0 Å². The van der Waals surface area contributed by atoms with E-state index < -0.39 is 36.8 Å². The standard InChI is InChI=1S/C30H36O6/c1-3-25(31)26-27(33-19-22-13-7-4-8-14-22)28(34-20-23-15-9-5-10-16-23)29(30(32-2)36-26)35-21-24-17-11-6-12-18-24/h4-18,25-31H,3,19-21H2,1-2H3/t25-,26-,27-,28+,29-,30+/m1/s1. The van der Waals surface area contributed by atoms with Gasteiger partial charge in [-0.2, -0.15) is 0 Å². The van der Waals surface area contributed by atoms with Gasteiger partial charge in [0.25, 0.3) is 0 Å². The van der Waals surface area contributed by atoms with Gasteiger partial charge in [-0.05, 0) is 23.1 Å². The van der Waals surface area contributed by atoms with Crippen LogP contribution in [0.3, 0.4) is 0 Å². The van der Waals surface area contributed by atoms with Gasteiger partial charge in [0.05, 0.1) is 25.9 Å². The van der Waals surface area contributed by atoms with Crippen molar-refractivity contribution in [2.24, 2.45) is 0 Å². The van der Waals surface area contributed by atoms with Crippen molar-refractivity contribution in [3.8, 4) is 0 Å². The van der Waals surface area contributed by atoms with E-state index in [0.717, 1.165) is 16.7 Å². The van der Waals surface area contributed by atoms with E-state index in [2.05, 4.69) is 0 Å². The van der Waals surface area contributed by atoms with Gasteiger partial charge in [-0.15, -0.1) is 0 Å². The lowest BCUT2D eigenvalue weighted by Gasteiger charge is -2.46. The highest BCUT2D eigenvalue weighted by atomic mass is 16.7. The number of benzene rings is 3. The molecule has 0 aromatic heterocycles. The van der Waals surface area contributed by atoms with Crippen LogP contribution in [0, 0.1) is 0 Å². The predicted molar refractivity (Wildman–Crippen MR) is 137 cm³/mol. The molecule has 0 amide bonds. The summed E-state index contributed by atoms with van der Waals surface area (Å²) in [4.78, 5) is 0. The van der Waals surface area contributed by atoms with E-state index in [4.69, 9.17) is 23.7 Å². The molecule has 1 fully saturated rings. The van der Waals surface area contributed by atoms with Crippen molar-refractivity contribution in [1.82, 2.24) is 0 Å². The van der Waals surface area contributed by atoms with Crippen LogP contribution in [0.25, 0.3) is 0 Å². The molecule has 6 heteroatoms. The van der Waals surface area contributed by atoms with Gasteiger partial charge < -0.3 is 28.8 Å². The third-order valence-electron chi connectivity index (χ3n) is 6.42. The summed E-state index contributed by atoms with van der Waals surface area (Å²) in [5.74, 6) is 0. The maximum Gasteiger partial charge on any atom is 0.186 e. The molecule has 3 aromatic rings. The number of hydrogen-bond acceptors (Lipinski definition) is 6. The zero-order valence-electron chi connectivity index (χ0n) is 20.9. The summed E-state index contributed by atoms with van der Waals surface area (Å²) < 4.78 is 31.3. The van der Waals surface area contributed by atoms with E-state index in [1.807, 2.05) is 97.9 Å². The van der Waals surface area contributed by atoms with Crippen molar-refractivity contribution in [3.05, 3.63) is 108 Å². The third kappa shape index (κ3) is 7.01. The molecule has 6 nitrogen and oxygen atoms in total. The van der Waals surface area contributed by atoms with E-state index >= 15 is 0 Å². The normalized spacial score (nSPS) is 24.9. The molecule has 1 N–H and O–H groups in total. The fraction of sp³-hybridized carbons (Fsp3) is 0.400. The van der Waals surface area contributed by atoms with Crippen LogP contribution < -0.4 is 0 Å². The van der Waals surface area contributed by atoms with Gasteiger partial charge in [0, 0.05) is 7.11 Å². The highest BCUT2D eigenvalue weighted by molar-refractivity contribution is 5.15. The molecule has 1 heterocycles. The molecule has 3 aromatic carbocycles. The maximum absolute atomic E-state index is 10.9. The largest absolute Gasteiger partial charge is 0.390 e. The zero-order valence-corrected chi connectivity index (χ0v) is 20.9. The Labute approximate surface area is 213 Å². The fourth-order valence-electron chi connectivity index (χ4n) is 4.42. The van der Waals surface area contributed by atoms with Gasteiger partial charge in [0.15, 0.2) is 6.29 Å². The monoisotopic (exact) mass is 492 g/mol. The highest BCUT2D eigenvalue weighted by Gasteiger charge is 2.50. The molecule has 0 spiro atoms. The van der Waals surface area contributed by atoms with Crippen LogP contribution in [-0.4, -0.2) is 49.0 Å². The van der Waals surface area contributed by atoms with Crippen LogP contribution in [0.2, 0.25) is 0 Å². The second-order valence-electron chi connectivity index (χ2n) is 8.96. The van der Waals surface area contributed by atoms with Crippen molar-refractivity contribution in [2.45, 2.75) is 70.0 Å². The third-order valence-corrected chi connectivity index (χ3v) is 6.42. The van der Waals surface area contributed by atoms with Crippen LogP contribution in [0.4, 0.5) is 0 Å². The Morgan fingerprint density at radius 2 is 1.08 bits per heavy atom. The molecule has 0 radical (unpaired) electrons. The van der Waals surface area contributed by atoms with E-state index in [9.17, 15) is 5.11 Å². The lowest BCUT2D eigenvalue weighted by atomic mass is 9.93. The first-order valence-electron chi connectivity index (χ1n) is 12.5. The smallest absolute Gasteiger partial charge is 0.186 e. The molecule has 4 rings (SSSR count). The Hall–Kier alpha value is -2.58. The molecular weight excluding hydrogens is 456 g/mol. The summed E-state index contributed by atoms with van der Waals surface area (Å²) in [5, 5.41) is 10.9. The fourth-order valence-corrected chi connectivity index (χ4v) is 4.42. The molecule has 192 valence electrons. The van der Waals surface area contributed by atoms with E-state index in [1.54, 1.807) is 7.11 Å². The van der Waals surface area contributed by atoms with Crippen molar-refractivity contribution < 1.29 is 28.8 Å². The molecular formula is C30H36O6. The first-order valence-corrected chi connectivity index (χ1v) is 12.5. The van der Waals surface area contributed by atoms with Crippen LogP contribution in [-0.2, 0) is 43.5 Å². The summed E-state index contributed by atoms with van der Waals surface area (Å²) in [6, 6.07) is 29.9. The van der Waals surface area contributed by atoms with Gasteiger partial charge in [-0.3, -0.25) is 0 Å². The molecule has 36 heavy (non-hydrogen) atoms. The highest BCUT2D eigenvalue weighted by Crippen LogP contribution is 2.32. The Morgan fingerprint density at radius 3 is 1.50 bits per heavy atom. The topological polar surface area (TPSA) is 66.4 Å². The maximum atomic E-state index is 10.9. The van der Waals surface area contributed by atoms with Crippen LogP contribution in [0.1, 0.15) is 30.0 Å². The van der Waals surface area contributed by atoms with Gasteiger partial charge in [-0.25, -0.2) is 0 Å². The quantitative estimate of drug-likeness (QED) is 0.389. The number of methoxy groups -OCH3 is 1. The Kier molecular flexibility index (Phi) is 10.0. The number of ether oxygens (including phenoxy) is 5. The summed E-state index contributed by atoms with van der Waals surface area (Å²) in [6.07, 6.45) is -3.29. The minimum Gasteiger partial charge on any atom is -0.390 e. The molecule has 6 atom stereocenters. The summed E-state index contributed by atoms with van der Waals surface area (Å²) >= 11 is 0. The zero-order chi connectivity index (χ0) is 25.2. The molecule has 1 aliphatic rings. The van der Waals surface area contributed by atoms with Gasteiger partial charge in [0.2, 0.25) is 0 Å². The average molecular weight is 493 g/mol. The second-order valence-corrected chi connectivity index (χ2v) is 8.96. The molecule has 1 saturated heterocycles. The van der Waals surface area contributed by atoms with E-state index in [1.165, 1.54) is 0 Å². The number of hydrogen-bond donors (Lipinski definition) is 1. The van der Waals surface area contributed by atoms with E-state index in [-0.39, 0.29) is 0 Å². The average Bonchev–Trinajstić information content (AvgIpc) is 2.94. The second kappa shape index (κ2) is 13.7. The van der Waals surface area contributed by atoms with Crippen molar-refractivity contribution >= 4 is 0 Å². The first-order chi connectivity index (χ1) is 17.7. The van der Waals surface area contributed by atoms with Crippen molar-refractivity contribution in [2.75, 3.05) is 7.11 Å². The first kappa shape index (κ1) is 26.5. The van der Waals surface area contributed by atoms with Crippen molar-refractivity contribution in [3.63, 3.8) is 0 Å². The Balaban J connectivity index is 1.61. The minimum atomic E-state index is -0.749. The summed E-state index contributed by atoms with van der Waals surface area (Å²) in [7, 11) is 1.58. The molecule has 0 bridgehead atoms. The van der Waals surface area contributed by atoms with Crippen molar-refractivity contribution in [1.29, 1.82) is 0 Å². The molecule has 0 aliphatic carbocycles. The summed E-state index contributed by atoms with van der Waals surface area (Å²) in [5.41, 5.74) is 3.10. The lowest BCUT2D eigenvalue weighted by molar-refractivity contribution is -0.329. The van der Waals surface area contributed by atoms with E-state index in [0.29, 0.717) is 26.2 Å². The number of rotatable bonds is 12. The van der Waals surface area contributed by atoms with Gasteiger partial charge in [0.1, 0.15) is 24.4 Å². The molecule has 0 saturated carbocycles. The molecule has 0 unspecified atom stereocenters. The Morgan fingerprint density at radius 1 is 0.667 bits per heavy atom.